The summed E-state index contributed by atoms with van der Waals surface area (Å²) < 4.78 is 0. The zero-order valence-electron chi connectivity index (χ0n) is 12.8. The molecule has 0 aromatic heterocycles. The maximum absolute atomic E-state index is 12.7. The third-order valence-corrected chi connectivity index (χ3v) is 4.94. The van der Waals surface area contributed by atoms with Gasteiger partial charge in [-0.3, -0.25) is 4.79 Å². The van der Waals surface area contributed by atoms with E-state index in [2.05, 4.69) is 16.7 Å². The number of likely N-dealkylation sites (N-methyl/N-ethyl adjacent to an activating group) is 1. The summed E-state index contributed by atoms with van der Waals surface area (Å²) in [6.07, 6.45) is 3.96. The second-order valence-electron chi connectivity index (χ2n) is 6.29. The van der Waals surface area contributed by atoms with Gasteiger partial charge in [-0.25, -0.2) is 0 Å². The Bertz CT molecular complexity index is 499. The molecule has 3 rings (SSSR count). The molecule has 0 spiro atoms. The molecule has 2 N–H and O–H groups in total. The van der Waals surface area contributed by atoms with Crippen molar-refractivity contribution in [1.82, 2.24) is 9.80 Å². The van der Waals surface area contributed by atoms with Crippen LogP contribution in [0.5, 0.6) is 0 Å². The lowest BCUT2D eigenvalue weighted by Gasteiger charge is -2.29. The smallest absolute Gasteiger partial charge is 0.227 e. The van der Waals surface area contributed by atoms with Crippen LogP contribution in [0.1, 0.15) is 31.7 Å². The van der Waals surface area contributed by atoms with Crippen molar-refractivity contribution in [1.29, 1.82) is 0 Å². The van der Waals surface area contributed by atoms with Gasteiger partial charge in [0.1, 0.15) is 0 Å². The number of carbonyl (C=O) groups is 1. The van der Waals surface area contributed by atoms with Crippen LogP contribution in [0, 0.1) is 0 Å². The lowest BCUT2D eigenvalue weighted by Crippen LogP contribution is -2.43. The average Bonchev–Trinajstić information content (AvgIpc) is 2.76. The third-order valence-electron chi connectivity index (χ3n) is 4.94. The Labute approximate surface area is 126 Å². The summed E-state index contributed by atoms with van der Waals surface area (Å²) in [7, 11) is 0. The molecular weight excluding hydrogens is 262 g/mol. The number of benzene rings is 1. The highest BCUT2D eigenvalue weighted by Gasteiger charge is 2.39. The van der Waals surface area contributed by atoms with Crippen LogP contribution in [0.4, 0.5) is 5.69 Å². The maximum Gasteiger partial charge on any atom is 0.227 e. The summed E-state index contributed by atoms with van der Waals surface area (Å²) in [5.41, 5.74) is 7.51. The number of anilines is 1. The van der Waals surface area contributed by atoms with E-state index in [1.165, 1.54) is 6.42 Å². The monoisotopic (exact) mass is 287 g/mol. The van der Waals surface area contributed by atoms with Crippen molar-refractivity contribution in [3.05, 3.63) is 29.8 Å². The van der Waals surface area contributed by atoms with E-state index >= 15 is 0 Å². The number of rotatable bonds is 3. The van der Waals surface area contributed by atoms with Gasteiger partial charge < -0.3 is 15.5 Å². The average molecular weight is 287 g/mol. The van der Waals surface area contributed by atoms with Gasteiger partial charge in [0.2, 0.25) is 5.91 Å². The molecule has 2 saturated heterocycles. The van der Waals surface area contributed by atoms with Crippen LogP contribution >= 0.6 is 0 Å². The van der Waals surface area contributed by atoms with Crippen LogP contribution < -0.4 is 5.73 Å². The standard InChI is InChI=1S/C17H25N3O/c1-2-19-10-9-15-7-8-16(12-19)20(15)17(21)11-13-3-5-14(18)6-4-13/h3-6,15-16H,2,7-12,18H2,1H3. The molecule has 2 unspecified atom stereocenters. The minimum atomic E-state index is 0.283. The number of nitrogens with two attached hydrogens (primary N) is 1. The molecule has 1 aromatic rings. The number of hydrogen-bond donors (Lipinski definition) is 1. The highest BCUT2D eigenvalue weighted by atomic mass is 16.2. The van der Waals surface area contributed by atoms with Gasteiger partial charge >= 0.3 is 0 Å². The Morgan fingerprint density at radius 3 is 2.62 bits per heavy atom. The fourth-order valence-electron chi connectivity index (χ4n) is 3.74. The van der Waals surface area contributed by atoms with Crippen LogP contribution in [0.2, 0.25) is 0 Å². The van der Waals surface area contributed by atoms with Crippen LogP contribution in [0.25, 0.3) is 0 Å². The van der Waals surface area contributed by atoms with E-state index in [0.29, 0.717) is 18.5 Å². The second-order valence-corrected chi connectivity index (χ2v) is 6.29. The lowest BCUT2D eigenvalue weighted by molar-refractivity contribution is -0.133. The van der Waals surface area contributed by atoms with Crippen molar-refractivity contribution < 1.29 is 4.79 Å². The van der Waals surface area contributed by atoms with Crippen molar-refractivity contribution in [2.75, 3.05) is 25.4 Å². The van der Waals surface area contributed by atoms with Crippen molar-refractivity contribution in [3.8, 4) is 0 Å². The van der Waals surface area contributed by atoms with Gasteiger partial charge in [-0.15, -0.1) is 0 Å². The highest BCUT2D eigenvalue weighted by molar-refractivity contribution is 5.80. The van der Waals surface area contributed by atoms with Gasteiger partial charge in [0, 0.05) is 30.9 Å². The van der Waals surface area contributed by atoms with Gasteiger partial charge in [-0.1, -0.05) is 19.1 Å². The Morgan fingerprint density at radius 1 is 1.19 bits per heavy atom. The molecule has 2 aliphatic rings. The molecule has 0 aliphatic carbocycles. The summed E-state index contributed by atoms with van der Waals surface area (Å²) in [5.74, 6) is 0.283. The third kappa shape index (κ3) is 3.05. The van der Waals surface area contributed by atoms with E-state index in [1.807, 2.05) is 24.3 Å². The molecule has 4 heteroatoms. The van der Waals surface area contributed by atoms with Crippen LogP contribution in [-0.4, -0.2) is 47.4 Å². The van der Waals surface area contributed by atoms with Crippen molar-refractivity contribution in [2.45, 2.75) is 44.7 Å². The Kier molecular flexibility index (Phi) is 4.15. The molecular formula is C17H25N3O. The first kappa shape index (κ1) is 14.4. The molecule has 114 valence electrons. The summed E-state index contributed by atoms with van der Waals surface area (Å²) in [6.45, 7) is 5.46. The first-order valence-electron chi connectivity index (χ1n) is 8.05. The lowest BCUT2D eigenvalue weighted by atomic mass is 10.1. The number of nitrogens with zero attached hydrogens (tertiary/aromatic N) is 2. The van der Waals surface area contributed by atoms with Crippen molar-refractivity contribution in [3.63, 3.8) is 0 Å². The molecule has 1 amide bonds. The number of fused-ring (bicyclic) bond motifs is 2. The summed E-state index contributed by atoms with van der Waals surface area (Å²) in [4.78, 5) is 17.4. The summed E-state index contributed by atoms with van der Waals surface area (Å²) in [5, 5.41) is 0. The first-order chi connectivity index (χ1) is 10.2. The number of nitrogen functional groups attached to an aromatic ring is 1. The number of amides is 1. The van der Waals surface area contributed by atoms with Crippen molar-refractivity contribution >= 4 is 11.6 Å². The molecule has 1 aromatic carbocycles. The second kappa shape index (κ2) is 6.06. The molecule has 21 heavy (non-hydrogen) atoms. The largest absolute Gasteiger partial charge is 0.399 e. The van der Waals surface area contributed by atoms with E-state index in [4.69, 9.17) is 5.73 Å². The molecule has 2 aliphatic heterocycles. The quantitative estimate of drug-likeness (QED) is 0.864. The topological polar surface area (TPSA) is 49.6 Å². The SMILES string of the molecule is CCN1CCC2CCC(C1)N2C(=O)Cc1ccc(N)cc1. The Morgan fingerprint density at radius 2 is 1.90 bits per heavy atom. The van der Waals surface area contributed by atoms with Gasteiger partial charge in [0.05, 0.1) is 6.42 Å². The highest BCUT2D eigenvalue weighted by Crippen LogP contribution is 2.30. The first-order valence-corrected chi connectivity index (χ1v) is 8.05. The van der Waals surface area contributed by atoms with E-state index in [1.54, 1.807) is 0 Å². The number of likely N-dealkylation sites (tertiary alicyclic amines) is 1. The molecule has 0 radical (unpaired) electrons. The fraction of sp³-hybridized carbons (Fsp3) is 0.588. The molecule has 2 bridgehead atoms. The van der Waals surface area contributed by atoms with Gasteiger partial charge in [-0.2, -0.15) is 0 Å². The predicted octanol–water partition coefficient (Wildman–Crippen LogP) is 1.90. The molecule has 2 atom stereocenters. The van der Waals surface area contributed by atoms with Gasteiger partial charge in [0.25, 0.3) is 0 Å². The maximum atomic E-state index is 12.7. The van der Waals surface area contributed by atoms with Crippen LogP contribution in [0.3, 0.4) is 0 Å². The van der Waals surface area contributed by atoms with E-state index in [0.717, 1.165) is 43.7 Å². The Hall–Kier alpha value is -1.55. The summed E-state index contributed by atoms with van der Waals surface area (Å²) in [6, 6.07) is 8.54. The molecule has 0 saturated carbocycles. The Balaban J connectivity index is 1.70. The minimum Gasteiger partial charge on any atom is -0.399 e. The van der Waals surface area contributed by atoms with Crippen LogP contribution in [0.15, 0.2) is 24.3 Å². The number of hydrogen-bond acceptors (Lipinski definition) is 3. The van der Waals surface area contributed by atoms with Gasteiger partial charge in [0.15, 0.2) is 0 Å². The van der Waals surface area contributed by atoms with E-state index in [9.17, 15) is 4.79 Å². The molecule has 2 fully saturated rings. The molecule has 2 heterocycles. The van der Waals surface area contributed by atoms with E-state index in [-0.39, 0.29) is 5.91 Å². The predicted molar refractivity (Wildman–Crippen MR) is 84.9 cm³/mol. The summed E-state index contributed by atoms with van der Waals surface area (Å²) >= 11 is 0. The zero-order chi connectivity index (χ0) is 14.8. The zero-order valence-corrected chi connectivity index (χ0v) is 12.8. The minimum absolute atomic E-state index is 0.283. The molecule has 4 nitrogen and oxygen atoms in total. The van der Waals surface area contributed by atoms with Gasteiger partial charge in [-0.05, 0) is 43.5 Å². The van der Waals surface area contributed by atoms with Crippen LogP contribution in [-0.2, 0) is 11.2 Å². The number of carbonyl (C=O) groups excluding carboxylic acids is 1. The normalized spacial score (nSPS) is 25.9. The van der Waals surface area contributed by atoms with Crippen molar-refractivity contribution in [2.24, 2.45) is 0 Å². The fourth-order valence-corrected chi connectivity index (χ4v) is 3.74. The van der Waals surface area contributed by atoms with E-state index < -0.39 is 0 Å².